The maximum absolute atomic E-state index is 13.8. The van der Waals surface area contributed by atoms with Gasteiger partial charge in [0.05, 0.1) is 0 Å². The molecule has 4 rings (SSSR count). The second-order valence-corrected chi connectivity index (χ2v) is 6.76. The number of pyridine rings is 1. The van der Waals surface area contributed by atoms with Crippen molar-refractivity contribution in [2.45, 2.75) is 0 Å². The molecule has 1 aliphatic heterocycles. The minimum absolute atomic E-state index is 0.295. The van der Waals surface area contributed by atoms with E-state index in [0.717, 1.165) is 38.3 Å². The van der Waals surface area contributed by atoms with Crippen molar-refractivity contribution in [3.8, 4) is 0 Å². The zero-order chi connectivity index (χ0) is 20.2. The van der Waals surface area contributed by atoms with Crippen molar-refractivity contribution in [3.63, 3.8) is 0 Å². The number of amides is 1. The van der Waals surface area contributed by atoms with E-state index in [1.165, 1.54) is 24.0 Å². The zero-order valence-corrected chi connectivity index (χ0v) is 15.7. The Labute approximate surface area is 167 Å². The van der Waals surface area contributed by atoms with E-state index in [1.807, 2.05) is 18.2 Å². The molecule has 0 unspecified atom stereocenters. The third-order valence-corrected chi connectivity index (χ3v) is 4.93. The number of benzene rings is 2. The molecule has 2 aromatic carbocycles. The van der Waals surface area contributed by atoms with E-state index in [9.17, 15) is 13.6 Å². The quantitative estimate of drug-likeness (QED) is 0.728. The highest BCUT2D eigenvalue weighted by Gasteiger charge is 2.20. The molecule has 1 saturated heterocycles. The summed E-state index contributed by atoms with van der Waals surface area (Å²) >= 11 is 0. The molecule has 0 bridgehead atoms. The predicted molar refractivity (Wildman–Crippen MR) is 109 cm³/mol. The highest BCUT2D eigenvalue weighted by atomic mass is 19.1. The molecule has 5 nitrogen and oxygen atoms in total. The van der Waals surface area contributed by atoms with Crippen LogP contribution in [-0.4, -0.2) is 37.1 Å². The molecule has 7 heteroatoms. The summed E-state index contributed by atoms with van der Waals surface area (Å²) in [4.78, 5) is 21.3. The molecule has 1 aromatic heterocycles. The van der Waals surface area contributed by atoms with E-state index in [-0.39, 0.29) is 0 Å². The Morgan fingerprint density at radius 2 is 1.52 bits per heavy atom. The number of carbonyl (C=O) groups excluding carboxylic acids is 1. The molecule has 0 aliphatic carbocycles. The number of nitrogens with one attached hydrogen (secondary N) is 1. The minimum Gasteiger partial charge on any atom is -0.368 e. The first-order valence-corrected chi connectivity index (χ1v) is 9.38. The van der Waals surface area contributed by atoms with Gasteiger partial charge in [0.25, 0.3) is 5.91 Å². The fraction of sp³-hybridized carbons (Fsp3) is 0.182. The SMILES string of the molecule is O=C(Nc1c(F)cccc1F)c1ccnc(N2CCN(c3ccccc3)CC2)c1. The molecule has 0 saturated carbocycles. The van der Waals surface area contributed by atoms with Crippen LogP contribution in [0.1, 0.15) is 10.4 Å². The zero-order valence-electron chi connectivity index (χ0n) is 15.7. The summed E-state index contributed by atoms with van der Waals surface area (Å²) in [6, 6.07) is 16.8. The van der Waals surface area contributed by atoms with Gasteiger partial charge < -0.3 is 15.1 Å². The first-order valence-electron chi connectivity index (χ1n) is 9.38. The average Bonchev–Trinajstić information content (AvgIpc) is 2.77. The Hall–Kier alpha value is -3.48. The molecule has 3 aromatic rings. The third kappa shape index (κ3) is 4.18. The first-order chi connectivity index (χ1) is 14.1. The largest absolute Gasteiger partial charge is 0.368 e. The van der Waals surface area contributed by atoms with Crippen LogP contribution in [0.2, 0.25) is 0 Å². The summed E-state index contributed by atoms with van der Waals surface area (Å²) in [5.74, 6) is -1.55. The lowest BCUT2D eigenvalue weighted by molar-refractivity contribution is 0.102. The monoisotopic (exact) mass is 394 g/mol. The fourth-order valence-electron chi connectivity index (χ4n) is 3.37. The van der Waals surface area contributed by atoms with Gasteiger partial charge in [-0.05, 0) is 36.4 Å². The summed E-state index contributed by atoms with van der Waals surface area (Å²) in [7, 11) is 0. The molecule has 1 aliphatic rings. The molecule has 1 N–H and O–H groups in total. The summed E-state index contributed by atoms with van der Waals surface area (Å²) in [6.07, 6.45) is 1.53. The van der Waals surface area contributed by atoms with Gasteiger partial charge in [-0.25, -0.2) is 13.8 Å². The summed E-state index contributed by atoms with van der Waals surface area (Å²) in [5, 5.41) is 2.31. The number of hydrogen-bond acceptors (Lipinski definition) is 4. The maximum Gasteiger partial charge on any atom is 0.256 e. The number of hydrogen-bond donors (Lipinski definition) is 1. The molecule has 0 radical (unpaired) electrons. The van der Waals surface area contributed by atoms with Gasteiger partial charge in [0, 0.05) is 43.6 Å². The van der Waals surface area contributed by atoms with Crippen LogP contribution in [0.4, 0.5) is 26.0 Å². The Balaban J connectivity index is 1.44. The fourth-order valence-corrected chi connectivity index (χ4v) is 3.37. The highest BCUT2D eigenvalue weighted by Crippen LogP contribution is 2.22. The van der Waals surface area contributed by atoms with Gasteiger partial charge in [-0.1, -0.05) is 24.3 Å². The van der Waals surface area contributed by atoms with Crippen molar-refractivity contribution in [1.82, 2.24) is 4.98 Å². The molecule has 1 amide bonds. The van der Waals surface area contributed by atoms with Crippen LogP contribution in [0.25, 0.3) is 0 Å². The second-order valence-electron chi connectivity index (χ2n) is 6.76. The van der Waals surface area contributed by atoms with Gasteiger partial charge >= 0.3 is 0 Å². The number of piperazine rings is 1. The van der Waals surface area contributed by atoms with Crippen molar-refractivity contribution in [3.05, 3.63) is 84.1 Å². The van der Waals surface area contributed by atoms with Gasteiger partial charge in [0.1, 0.15) is 23.1 Å². The van der Waals surface area contributed by atoms with Crippen LogP contribution < -0.4 is 15.1 Å². The second kappa shape index (κ2) is 8.26. The van der Waals surface area contributed by atoms with Crippen LogP contribution in [0, 0.1) is 11.6 Å². The van der Waals surface area contributed by atoms with Crippen LogP contribution >= 0.6 is 0 Å². The lowest BCUT2D eigenvalue weighted by Crippen LogP contribution is -2.46. The van der Waals surface area contributed by atoms with E-state index in [0.29, 0.717) is 11.4 Å². The summed E-state index contributed by atoms with van der Waals surface area (Å²) in [5.41, 5.74) is 1.02. The molecule has 1 fully saturated rings. The predicted octanol–water partition coefficient (Wildman–Crippen LogP) is 3.94. The summed E-state index contributed by atoms with van der Waals surface area (Å²) < 4.78 is 27.6. The normalized spacial score (nSPS) is 14.0. The molecular weight excluding hydrogens is 374 g/mol. The van der Waals surface area contributed by atoms with Crippen LogP contribution in [-0.2, 0) is 0 Å². The molecule has 0 spiro atoms. The number of aromatic nitrogens is 1. The number of carbonyl (C=O) groups is 1. The molecule has 2 heterocycles. The van der Waals surface area contributed by atoms with Gasteiger partial charge in [-0.15, -0.1) is 0 Å². The van der Waals surface area contributed by atoms with Gasteiger partial charge in [0.2, 0.25) is 0 Å². The Kier molecular flexibility index (Phi) is 5.37. The van der Waals surface area contributed by atoms with Crippen LogP contribution in [0.5, 0.6) is 0 Å². The van der Waals surface area contributed by atoms with Gasteiger partial charge in [-0.3, -0.25) is 4.79 Å². The van der Waals surface area contributed by atoms with E-state index >= 15 is 0 Å². The van der Waals surface area contributed by atoms with E-state index in [2.05, 4.69) is 32.2 Å². The molecule has 29 heavy (non-hydrogen) atoms. The molecule has 0 atom stereocenters. The highest BCUT2D eigenvalue weighted by molar-refractivity contribution is 6.04. The van der Waals surface area contributed by atoms with Crippen molar-refractivity contribution in [2.24, 2.45) is 0 Å². The van der Waals surface area contributed by atoms with Gasteiger partial charge in [-0.2, -0.15) is 0 Å². The smallest absolute Gasteiger partial charge is 0.256 e. The Morgan fingerprint density at radius 1 is 0.862 bits per heavy atom. The van der Waals surface area contributed by atoms with E-state index < -0.39 is 23.2 Å². The maximum atomic E-state index is 13.8. The lowest BCUT2D eigenvalue weighted by atomic mass is 10.2. The summed E-state index contributed by atoms with van der Waals surface area (Å²) in [6.45, 7) is 3.19. The standard InChI is InChI=1S/C22H20F2N4O/c23-18-7-4-8-19(24)21(18)26-22(29)16-9-10-25-20(15-16)28-13-11-27(12-14-28)17-5-2-1-3-6-17/h1-10,15H,11-14H2,(H,26,29). The number of halogens is 2. The Morgan fingerprint density at radius 3 is 2.21 bits per heavy atom. The van der Waals surface area contributed by atoms with E-state index in [4.69, 9.17) is 0 Å². The van der Waals surface area contributed by atoms with Crippen LogP contribution in [0.15, 0.2) is 66.9 Å². The molecule has 148 valence electrons. The van der Waals surface area contributed by atoms with Gasteiger partial charge in [0.15, 0.2) is 0 Å². The van der Waals surface area contributed by atoms with Crippen molar-refractivity contribution in [1.29, 1.82) is 0 Å². The van der Waals surface area contributed by atoms with Crippen molar-refractivity contribution < 1.29 is 13.6 Å². The number of anilines is 3. The number of para-hydroxylation sites is 2. The van der Waals surface area contributed by atoms with E-state index in [1.54, 1.807) is 6.07 Å². The lowest BCUT2D eigenvalue weighted by Gasteiger charge is -2.36. The topological polar surface area (TPSA) is 48.5 Å². The average molecular weight is 394 g/mol. The number of nitrogens with zero attached hydrogens (tertiary/aromatic N) is 3. The van der Waals surface area contributed by atoms with Crippen molar-refractivity contribution in [2.75, 3.05) is 41.3 Å². The Bertz CT molecular complexity index is 984. The van der Waals surface area contributed by atoms with Crippen molar-refractivity contribution >= 4 is 23.1 Å². The minimum atomic E-state index is -0.815. The molecular formula is C22H20F2N4O. The number of rotatable bonds is 4. The first kappa shape index (κ1) is 18.9. The third-order valence-electron chi connectivity index (χ3n) is 4.93. The van der Waals surface area contributed by atoms with Crippen LogP contribution in [0.3, 0.4) is 0 Å².